The lowest BCUT2D eigenvalue weighted by molar-refractivity contribution is -0.148. The van der Waals surface area contributed by atoms with Gasteiger partial charge in [-0.2, -0.15) is 0 Å². The molecule has 0 aliphatic carbocycles. The maximum Gasteiger partial charge on any atom is 0.240 e. The third-order valence-electron chi connectivity index (χ3n) is 3.24. The van der Waals surface area contributed by atoms with Crippen LogP contribution in [0.2, 0.25) is 0 Å². The van der Waals surface area contributed by atoms with Crippen LogP contribution in [0.1, 0.15) is 25.7 Å². The van der Waals surface area contributed by atoms with E-state index in [2.05, 4.69) is 5.32 Å². The minimum Gasteiger partial charge on any atom is -0.368 e. The highest BCUT2D eigenvalue weighted by molar-refractivity contribution is 5.90. The van der Waals surface area contributed by atoms with Crippen molar-refractivity contribution in [2.24, 2.45) is 5.73 Å². The summed E-state index contributed by atoms with van der Waals surface area (Å²) in [6.07, 6.45) is 3.80. The highest BCUT2D eigenvalue weighted by Gasteiger charge is 2.39. The molecule has 0 aromatic rings. The van der Waals surface area contributed by atoms with Gasteiger partial charge in [-0.3, -0.25) is 9.59 Å². The summed E-state index contributed by atoms with van der Waals surface area (Å²) in [5.74, 6) is -0.338. The lowest BCUT2D eigenvalue weighted by atomic mass is 9.97. The Morgan fingerprint density at radius 1 is 1.27 bits per heavy atom. The maximum atomic E-state index is 12.0. The van der Waals surface area contributed by atoms with E-state index in [1.807, 2.05) is 0 Å². The summed E-state index contributed by atoms with van der Waals surface area (Å²) in [6, 6.07) is -0.456. The molecule has 2 heterocycles. The Balaban J connectivity index is 1.92. The van der Waals surface area contributed by atoms with Crippen molar-refractivity contribution in [1.29, 1.82) is 0 Å². The Morgan fingerprint density at radius 2 is 2.07 bits per heavy atom. The van der Waals surface area contributed by atoms with Crippen LogP contribution < -0.4 is 11.1 Å². The van der Waals surface area contributed by atoms with Gasteiger partial charge in [-0.1, -0.05) is 6.42 Å². The molecule has 2 unspecified atom stereocenters. The highest BCUT2D eigenvalue weighted by atomic mass is 16.2. The van der Waals surface area contributed by atoms with Gasteiger partial charge < -0.3 is 16.0 Å². The second kappa shape index (κ2) is 4.18. The summed E-state index contributed by atoms with van der Waals surface area (Å²) < 4.78 is 0. The van der Waals surface area contributed by atoms with Crippen LogP contribution in [0.3, 0.4) is 0 Å². The molecule has 0 bridgehead atoms. The van der Waals surface area contributed by atoms with E-state index in [1.54, 1.807) is 4.90 Å². The Hall–Kier alpha value is -1.10. The van der Waals surface area contributed by atoms with Gasteiger partial charge in [-0.15, -0.1) is 0 Å². The number of nitrogens with two attached hydrogens (primary N) is 1. The lowest BCUT2D eigenvalue weighted by Crippen LogP contribution is -2.61. The Bertz CT molecular complexity index is 274. The highest BCUT2D eigenvalue weighted by Crippen LogP contribution is 2.20. The first-order chi connectivity index (χ1) is 7.20. The molecule has 3 N–H and O–H groups in total. The van der Waals surface area contributed by atoms with Crippen molar-refractivity contribution in [2.75, 3.05) is 13.1 Å². The van der Waals surface area contributed by atoms with E-state index in [1.165, 1.54) is 0 Å². The van der Waals surface area contributed by atoms with Gasteiger partial charge in [0.15, 0.2) is 0 Å². The van der Waals surface area contributed by atoms with E-state index >= 15 is 0 Å². The standard InChI is InChI=1S/C10H17N3O2/c11-9(14)8-4-6-13(8)10(15)7-3-1-2-5-12-7/h7-8,12H,1-6H2,(H2,11,14). The second-order valence-electron chi connectivity index (χ2n) is 4.24. The van der Waals surface area contributed by atoms with E-state index in [4.69, 9.17) is 5.73 Å². The van der Waals surface area contributed by atoms with E-state index in [0.717, 1.165) is 25.8 Å². The van der Waals surface area contributed by atoms with Crippen molar-refractivity contribution in [2.45, 2.75) is 37.8 Å². The average molecular weight is 211 g/mol. The van der Waals surface area contributed by atoms with Crippen LogP contribution in [-0.4, -0.2) is 41.9 Å². The SMILES string of the molecule is NC(=O)C1CCN1C(=O)C1CCCCN1. The van der Waals surface area contributed by atoms with Crippen LogP contribution in [-0.2, 0) is 9.59 Å². The molecule has 2 fully saturated rings. The monoisotopic (exact) mass is 211 g/mol. The van der Waals surface area contributed by atoms with Gasteiger partial charge in [0.2, 0.25) is 11.8 Å². The normalized spacial score (nSPS) is 30.8. The van der Waals surface area contributed by atoms with Crippen molar-refractivity contribution in [3.63, 3.8) is 0 Å². The topological polar surface area (TPSA) is 75.4 Å². The van der Waals surface area contributed by atoms with Crippen LogP contribution in [0, 0.1) is 0 Å². The number of carbonyl (C=O) groups is 2. The Kier molecular flexibility index (Phi) is 2.90. The average Bonchev–Trinajstić information content (AvgIpc) is 2.16. The van der Waals surface area contributed by atoms with Crippen molar-refractivity contribution in [3.8, 4) is 0 Å². The van der Waals surface area contributed by atoms with Crippen LogP contribution >= 0.6 is 0 Å². The second-order valence-corrected chi connectivity index (χ2v) is 4.24. The molecule has 5 heteroatoms. The molecule has 2 aliphatic rings. The molecule has 0 saturated carbocycles. The molecule has 0 aromatic heterocycles. The van der Waals surface area contributed by atoms with Gasteiger partial charge in [0.05, 0.1) is 6.04 Å². The number of nitrogens with one attached hydrogen (secondary N) is 1. The summed E-state index contributed by atoms with van der Waals surface area (Å²) in [6.45, 7) is 1.57. The number of rotatable bonds is 2. The molecule has 0 radical (unpaired) electrons. The Labute approximate surface area is 89.0 Å². The molecule has 5 nitrogen and oxygen atoms in total. The summed E-state index contributed by atoms with van der Waals surface area (Å²) in [7, 11) is 0. The first-order valence-corrected chi connectivity index (χ1v) is 5.53. The van der Waals surface area contributed by atoms with Gasteiger partial charge in [-0.25, -0.2) is 0 Å². The summed E-state index contributed by atoms with van der Waals surface area (Å²) in [5.41, 5.74) is 5.20. The molecule has 2 saturated heterocycles. The first kappa shape index (κ1) is 10.4. The van der Waals surface area contributed by atoms with Crippen molar-refractivity contribution < 1.29 is 9.59 Å². The van der Waals surface area contributed by atoms with Crippen LogP contribution in [0.25, 0.3) is 0 Å². The number of hydrogen-bond donors (Lipinski definition) is 2. The third-order valence-corrected chi connectivity index (χ3v) is 3.24. The zero-order valence-electron chi connectivity index (χ0n) is 8.74. The largest absolute Gasteiger partial charge is 0.368 e. The van der Waals surface area contributed by atoms with Crippen LogP contribution in [0.5, 0.6) is 0 Å². The molecule has 2 atom stereocenters. The number of hydrogen-bond acceptors (Lipinski definition) is 3. The van der Waals surface area contributed by atoms with E-state index in [9.17, 15) is 9.59 Å². The summed E-state index contributed by atoms with van der Waals surface area (Å²) in [4.78, 5) is 24.5. The molecule has 84 valence electrons. The van der Waals surface area contributed by atoms with Gasteiger partial charge in [0.1, 0.15) is 6.04 Å². The van der Waals surface area contributed by atoms with E-state index < -0.39 is 0 Å². The van der Waals surface area contributed by atoms with Crippen molar-refractivity contribution in [1.82, 2.24) is 10.2 Å². The lowest BCUT2D eigenvalue weighted by Gasteiger charge is -2.41. The molecule has 0 spiro atoms. The fraction of sp³-hybridized carbons (Fsp3) is 0.800. The van der Waals surface area contributed by atoms with E-state index in [0.29, 0.717) is 13.0 Å². The van der Waals surface area contributed by atoms with Crippen LogP contribution in [0.4, 0.5) is 0 Å². The van der Waals surface area contributed by atoms with Gasteiger partial charge >= 0.3 is 0 Å². The van der Waals surface area contributed by atoms with Crippen molar-refractivity contribution in [3.05, 3.63) is 0 Å². The summed E-state index contributed by atoms with van der Waals surface area (Å²) in [5, 5.41) is 3.18. The number of nitrogens with zero attached hydrogens (tertiary/aromatic N) is 1. The number of carbonyl (C=O) groups excluding carboxylic acids is 2. The van der Waals surface area contributed by atoms with Crippen LogP contribution in [0.15, 0.2) is 0 Å². The molecule has 2 aliphatic heterocycles. The van der Waals surface area contributed by atoms with E-state index in [-0.39, 0.29) is 23.9 Å². The fourth-order valence-electron chi connectivity index (χ4n) is 2.21. The van der Waals surface area contributed by atoms with Gasteiger partial charge in [0.25, 0.3) is 0 Å². The minimum atomic E-state index is -0.384. The Morgan fingerprint density at radius 3 is 2.53 bits per heavy atom. The molecule has 0 aromatic carbocycles. The predicted octanol–water partition coefficient (Wildman–Crippen LogP) is -0.785. The molecule has 15 heavy (non-hydrogen) atoms. The quantitative estimate of drug-likeness (QED) is 0.629. The predicted molar refractivity (Wildman–Crippen MR) is 55.0 cm³/mol. The smallest absolute Gasteiger partial charge is 0.240 e. The molecular formula is C10H17N3O2. The molecule has 2 amide bonds. The van der Waals surface area contributed by atoms with Gasteiger partial charge in [0, 0.05) is 6.54 Å². The summed E-state index contributed by atoms with van der Waals surface area (Å²) >= 11 is 0. The van der Waals surface area contributed by atoms with Crippen molar-refractivity contribution >= 4 is 11.8 Å². The zero-order valence-corrected chi connectivity index (χ0v) is 8.74. The molecule has 2 rings (SSSR count). The molecular weight excluding hydrogens is 194 g/mol. The number of likely N-dealkylation sites (tertiary alicyclic amines) is 1. The van der Waals surface area contributed by atoms with Gasteiger partial charge in [-0.05, 0) is 25.8 Å². The number of amides is 2. The zero-order chi connectivity index (χ0) is 10.8. The number of primary amides is 1. The first-order valence-electron chi connectivity index (χ1n) is 5.53. The maximum absolute atomic E-state index is 12.0. The number of piperidine rings is 1. The fourth-order valence-corrected chi connectivity index (χ4v) is 2.21. The minimum absolute atomic E-state index is 0.0461. The third kappa shape index (κ3) is 1.97.